The van der Waals surface area contributed by atoms with Crippen LogP contribution in [0.3, 0.4) is 0 Å². The Labute approximate surface area is 180 Å². The molecule has 3 aromatic heterocycles. The monoisotopic (exact) mass is 418 g/mol. The van der Waals surface area contributed by atoms with Gasteiger partial charge in [0, 0.05) is 39.7 Å². The number of hydrogen-bond donors (Lipinski definition) is 1. The van der Waals surface area contributed by atoms with Crippen molar-refractivity contribution in [3.8, 4) is 10.4 Å². The number of para-hydroxylation sites is 1. The standard InChI is InChI=1S/C24H26N4OS/c1-15(2)28-24-20(14-25-28)16(3)18(17(4)26-24)11-12-23(29)27-21-9-6-5-8-19(21)22-10-7-13-30-22/h5-10,13-15H,11-12H2,1-4H3,(H,27,29). The number of rotatable bonds is 6. The summed E-state index contributed by atoms with van der Waals surface area (Å²) in [6.07, 6.45) is 2.95. The zero-order valence-electron chi connectivity index (χ0n) is 17.8. The molecule has 0 aliphatic carbocycles. The normalized spacial score (nSPS) is 11.4. The van der Waals surface area contributed by atoms with Crippen LogP contribution < -0.4 is 5.32 Å². The Morgan fingerprint density at radius 1 is 1.17 bits per heavy atom. The van der Waals surface area contributed by atoms with Crippen LogP contribution in [0.2, 0.25) is 0 Å². The number of benzene rings is 1. The molecule has 5 nitrogen and oxygen atoms in total. The number of amides is 1. The molecule has 0 fully saturated rings. The van der Waals surface area contributed by atoms with Crippen molar-refractivity contribution in [3.63, 3.8) is 0 Å². The van der Waals surface area contributed by atoms with Crippen LogP contribution in [-0.4, -0.2) is 20.7 Å². The summed E-state index contributed by atoms with van der Waals surface area (Å²) in [5.74, 6) is 0.00998. The number of aryl methyl sites for hydroxylation is 2. The zero-order valence-corrected chi connectivity index (χ0v) is 18.6. The average molecular weight is 419 g/mol. The van der Waals surface area contributed by atoms with Gasteiger partial charge in [0.1, 0.15) is 0 Å². The van der Waals surface area contributed by atoms with Crippen molar-refractivity contribution >= 4 is 34.0 Å². The highest BCUT2D eigenvalue weighted by atomic mass is 32.1. The highest BCUT2D eigenvalue weighted by Gasteiger charge is 2.16. The molecule has 0 saturated heterocycles. The molecule has 1 amide bonds. The van der Waals surface area contributed by atoms with Crippen LogP contribution in [0.4, 0.5) is 5.69 Å². The maximum Gasteiger partial charge on any atom is 0.224 e. The first-order valence-electron chi connectivity index (χ1n) is 10.2. The fraction of sp³-hybridized carbons (Fsp3) is 0.292. The maximum absolute atomic E-state index is 12.7. The van der Waals surface area contributed by atoms with Gasteiger partial charge in [0.05, 0.1) is 6.20 Å². The van der Waals surface area contributed by atoms with E-state index in [2.05, 4.69) is 37.3 Å². The van der Waals surface area contributed by atoms with Crippen molar-refractivity contribution in [1.29, 1.82) is 0 Å². The molecule has 4 rings (SSSR count). The molecule has 1 aromatic carbocycles. The van der Waals surface area contributed by atoms with E-state index in [4.69, 9.17) is 4.98 Å². The Bertz CT molecular complexity index is 1190. The average Bonchev–Trinajstić information content (AvgIpc) is 3.38. The van der Waals surface area contributed by atoms with E-state index in [0.29, 0.717) is 12.8 Å². The second kappa shape index (κ2) is 8.40. The van der Waals surface area contributed by atoms with E-state index >= 15 is 0 Å². The number of carbonyl (C=O) groups excluding carboxylic acids is 1. The predicted octanol–water partition coefficient (Wildman–Crippen LogP) is 5.93. The van der Waals surface area contributed by atoms with E-state index in [0.717, 1.165) is 44.0 Å². The molecule has 0 unspecified atom stereocenters. The maximum atomic E-state index is 12.7. The Kier molecular flexibility index (Phi) is 5.68. The minimum atomic E-state index is 0.00998. The lowest BCUT2D eigenvalue weighted by molar-refractivity contribution is -0.116. The smallest absolute Gasteiger partial charge is 0.224 e. The van der Waals surface area contributed by atoms with Crippen LogP contribution in [0, 0.1) is 13.8 Å². The van der Waals surface area contributed by atoms with Gasteiger partial charge in [-0.2, -0.15) is 5.10 Å². The van der Waals surface area contributed by atoms with Gasteiger partial charge in [-0.1, -0.05) is 24.3 Å². The Hall–Kier alpha value is -2.99. The molecule has 1 N–H and O–H groups in total. The van der Waals surface area contributed by atoms with Crippen molar-refractivity contribution in [2.24, 2.45) is 0 Å². The van der Waals surface area contributed by atoms with E-state index < -0.39 is 0 Å². The first-order valence-corrected chi connectivity index (χ1v) is 11.1. The number of thiophene rings is 1. The molecule has 154 valence electrons. The van der Waals surface area contributed by atoms with E-state index in [1.807, 2.05) is 53.5 Å². The largest absolute Gasteiger partial charge is 0.325 e. The molecule has 0 bridgehead atoms. The van der Waals surface area contributed by atoms with Gasteiger partial charge in [0.25, 0.3) is 0 Å². The summed E-state index contributed by atoms with van der Waals surface area (Å²) < 4.78 is 1.95. The summed E-state index contributed by atoms with van der Waals surface area (Å²) in [6.45, 7) is 8.32. The summed E-state index contributed by atoms with van der Waals surface area (Å²) in [6, 6.07) is 12.3. The van der Waals surface area contributed by atoms with Crippen LogP contribution in [0.1, 0.15) is 43.1 Å². The molecule has 0 aliphatic heterocycles. The van der Waals surface area contributed by atoms with Gasteiger partial charge in [-0.15, -0.1) is 11.3 Å². The molecule has 0 radical (unpaired) electrons. The third-order valence-electron chi connectivity index (χ3n) is 5.42. The van der Waals surface area contributed by atoms with Gasteiger partial charge in [-0.25, -0.2) is 9.67 Å². The van der Waals surface area contributed by atoms with Gasteiger partial charge in [0.15, 0.2) is 5.65 Å². The molecular formula is C24H26N4OS. The summed E-state index contributed by atoms with van der Waals surface area (Å²) in [4.78, 5) is 18.7. The highest BCUT2D eigenvalue weighted by Crippen LogP contribution is 2.31. The van der Waals surface area contributed by atoms with Crippen molar-refractivity contribution < 1.29 is 4.79 Å². The van der Waals surface area contributed by atoms with Crippen LogP contribution in [0.25, 0.3) is 21.5 Å². The third kappa shape index (κ3) is 3.87. The van der Waals surface area contributed by atoms with Gasteiger partial charge in [-0.05, 0) is 62.8 Å². The summed E-state index contributed by atoms with van der Waals surface area (Å²) >= 11 is 1.67. The topological polar surface area (TPSA) is 59.8 Å². The van der Waals surface area contributed by atoms with E-state index in [9.17, 15) is 4.79 Å². The molecule has 0 atom stereocenters. The molecular weight excluding hydrogens is 392 g/mol. The third-order valence-corrected chi connectivity index (χ3v) is 6.32. The van der Waals surface area contributed by atoms with Crippen molar-refractivity contribution in [2.75, 3.05) is 5.32 Å². The molecule has 30 heavy (non-hydrogen) atoms. The van der Waals surface area contributed by atoms with Gasteiger partial charge < -0.3 is 5.32 Å². The van der Waals surface area contributed by atoms with Crippen LogP contribution in [0.15, 0.2) is 48.0 Å². The minimum Gasteiger partial charge on any atom is -0.325 e. The number of carbonyl (C=O) groups is 1. The Balaban J connectivity index is 1.52. The summed E-state index contributed by atoms with van der Waals surface area (Å²) in [5, 5.41) is 10.7. The van der Waals surface area contributed by atoms with Crippen molar-refractivity contribution in [3.05, 3.63) is 64.8 Å². The molecule has 6 heteroatoms. The SMILES string of the molecule is Cc1nc2c(cnn2C(C)C)c(C)c1CCC(=O)Nc1ccccc1-c1cccs1. The van der Waals surface area contributed by atoms with Gasteiger partial charge in [0.2, 0.25) is 5.91 Å². The van der Waals surface area contributed by atoms with Gasteiger partial charge >= 0.3 is 0 Å². The molecule has 0 aliphatic rings. The lowest BCUT2D eigenvalue weighted by atomic mass is 10.00. The van der Waals surface area contributed by atoms with Crippen molar-refractivity contribution in [1.82, 2.24) is 14.8 Å². The second-order valence-electron chi connectivity index (χ2n) is 7.79. The first-order chi connectivity index (χ1) is 14.5. The molecule has 0 saturated carbocycles. The second-order valence-corrected chi connectivity index (χ2v) is 8.74. The number of fused-ring (bicyclic) bond motifs is 1. The summed E-state index contributed by atoms with van der Waals surface area (Å²) in [5.41, 5.74) is 6.08. The van der Waals surface area contributed by atoms with Crippen molar-refractivity contribution in [2.45, 2.75) is 46.6 Å². The van der Waals surface area contributed by atoms with Crippen LogP contribution >= 0.6 is 11.3 Å². The van der Waals surface area contributed by atoms with E-state index in [-0.39, 0.29) is 11.9 Å². The predicted molar refractivity (Wildman–Crippen MR) is 124 cm³/mol. The Morgan fingerprint density at radius 3 is 2.70 bits per heavy atom. The fourth-order valence-corrected chi connectivity index (χ4v) is 4.59. The van der Waals surface area contributed by atoms with Crippen LogP contribution in [-0.2, 0) is 11.2 Å². The minimum absolute atomic E-state index is 0.00998. The van der Waals surface area contributed by atoms with Gasteiger partial charge in [-0.3, -0.25) is 4.79 Å². The molecule has 3 heterocycles. The molecule has 0 spiro atoms. The number of aromatic nitrogens is 3. The van der Waals surface area contributed by atoms with Crippen LogP contribution in [0.5, 0.6) is 0 Å². The highest BCUT2D eigenvalue weighted by molar-refractivity contribution is 7.13. The Morgan fingerprint density at radius 2 is 1.97 bits per heavy atom. The lowest BCUT2D eigenvalue weighted by Gasteiger charge is -2.13. The number of anilines is 1. The first kappa shape index (κ1) is 20.3. The number of pyridine rings is 1. The molecule has 4 aromatic rings. The number of nitrogens with one attached hydrogen (secondary N) is 1. The lowest BCUT2D eigenvalue weighted by Crippen LogP contribution is -2.14. The van der Waals surface area contributed by atoms with E-state index in [1.165, 1.54) is 0 Å². The summed E-state index contributed by atoms with van der Waals surface area (Å²) in [7, 11) is 0. The fourth-order valence-electron chi connectivity index (χ4n) is 3.83. The number of hydrogen-bond acceptors (Lipinski definition) is 4. The number of nitrogens with zero attached hydrogens (tertiary/aromatic N) is 3. The quantitative estimate of drug-likeness (QED) is 0.422. The van der Waals surface area contributed by atoms with E-state index in [1.54, 1.807) is 11.3 Å². The zero-order chi connectivity index (χ0) is 21.3.